The van der Waals surface area contributed by atoms with Crippen LogP contribution in [0.3, 0.4) is 0 Å². The third-order valence-electron chi connectivity index (χ3n) is 4.14. The fourth-order valence-electron chi connectivity index (χ4n) is 2.77. The standard InChI is InChI=1S/C16H34/c1-6-9-14(4)15(5)12-13-16(10-7-2)11-8-3/h14-16H,6-13H2,1-5H3. The van der Waals surface area contributed by atoms with Crippen molar-refractivity contribution in [3.8, 4) is 0 Å². The Labute approximate surface area is 104 Å². The zero-order valence-corrected chi connectivity index (χ0v) is 12.4. The first-order chi connectivity index (χ1) is 7.65. The van der Waals surface area contributed by atoms with Gasteiger partial charge in [0.15, 0.2) is 0 Å². The molecular formula is C16H34. The van der Waals surface area contributed by atoms with Gasteiger partial charge in [-0.05, 0) is 17.8 Å². The minimum absolute atomic E-state index is 0.925. The normalized spacial score (nSPS) is 15.4. The lowest BCUT2D eigenvalue weighted by Crippen LogP contribution is -2.10. The van der Waals surface area contributed by atoms with Crippen molar-refractivity contribution in [3.05, 3.63) is 0 Å². The molecule has 0 rings (SSSR count). The second kappa shape index (κ2) is 10.2. The fourth-order valence-corrected chi connectivity index (χ4v) is 2.77. The van der Waals surface area contributed by atoms with Crippen molar-refractivity contribution in [2.45, 2.75) is 86.0 Å². The summed E-state index contributed by atoms with van der Waals surface area (Å²) in [6.45, 7) is 11.8. The van der Waals surface area contributed by atoms with Crippen LogP contribution in [0.2, 0.25) is 0 Å². The van der Waals surface area contributed by atoms with Crippen LogP contribution in [0.15, 0.2) is 0 Å². The van der Waals surface area contributed by atoms with Gasteiger partial charge in [-0.25, -0.2) is 0 Å². The van der Waals surface area contributed by atoms with Crippen LogP contribution < -0.4 is 0 Å². The van der Waals surface area contributed by atoms with Crippen molar-refractivity contribution in [2.24, 2.45) is 17.8 Å². The van der Waals surface area contributed by atoms with E-state index < -0.39 is 0 Å². The summed E-state index contributed by atoms with van der Waals surface area (Å²) in [5.74, 6) is 2.86. The van der Waals surface area contributed by atoms with E-state index in [1.807, 2.05) is 0 Å². The molecule has 98 valence electrons. The van der Waals surface area contributed by atoms with Crippen LogP contribution in [0.4, 0.5) is 0 Å². The predicted octanol–water partition coefficient (Wildman–Crippen LogP) is 6.06. The number of hydrogen-bond acceptors (Lipinski definition) is 0. The molecule has 0 amide bonds. The van der Waals surface area contributed by atoms with Gasteiger partial charge in [0.05, 0.1) is 0 Å². The lowest BCUT2D eigenvalue weighted by Gasteiger charge is -2.22. The Morgan fingerprint density at radius 2 is 1.00 bits per heavy atom. The van der Waals surface area contributed by atoms with E-state index in [1.165, 1.54) is 51.4 Å². The minimum Gasteiger partial charge on any atom is -0.0654 e. The summed E-state index contributed by atoms with van der Waals surface area (Å²) in [5, 5.41) is 0. The van der Waals surface area contributed by atoms with Crippen LogP contribution in [0.5, 0.6) is 0 Å². The quantitative estimate of drug-likeness (QED) is 0.425. The van der Waals surface area contributed by atoms with E-state index >= 15 is 0 Å². The third-order valence-corrected chi connectivity index (χ3v) is 4.14. The molecule has 0 saturated heterocycles. The molecule has 0 bridgehead atoms. The van der Waals surface area contributed by atoms with E-state index in [1.54, 1.807) is 0 Å². The summed E-state index contributed by atoms with van der Waals surface area (Å²) in [4.78, 5) is 0. The first-order valence-corrected chi connectivity index (χ1v) is 7.65. The third kappa shape index (κ3) is 7.30. The predicted molar refractivity (Wildman–Crippen MR) is 75.8 cm³/mol. The molecule has 0 aromatic rings. The molecule has 2 unspecified atom stereocenters. The van der Waals surface area contributed by atoms with E-state index in [0.717, 1.165) is 17.8 Å². The molecule has 0 heterocycles. The Balaban J connectivity index is 3.80. The first kappa shape index (κ1) is 16.0. The molecule has 0 fully saturated rings. The van der Waals surface area contributed by atoms with Crippen molar-refractivity contribution in [2.75, 3.05) is 0 Å². The molecule has 0 aromatic heterocycles. The van der Waals surface area contributed by atoms with Crippen LogP contribution >= 0.6 is 0 Å². The molecule has 0 N–H and O–H groups in total. The zero-order valence-electron chi connectivity index (χ0n) is 12.4. The number of rotatable bonds is 10. The largest absolute Gasteiger partial charge is 0.0654 e. The van der Waals surface area contributed by atoms with E-state index in [2.05, 4.69) is 34.6 Å². The lowest BCUT2D eigenvalue weighted by atomic mass is 9.84. The number of hydrogen-bond donors (Lipinski definition) is 0. The van der Waals surface area contributed by atoms with E-state index in [-0.39, 0.29) is 0 Å². The average molecular weight is 226 g/mol. The molecule has 0 spiro atoms. The molecule has 0 aliphatic rings. The smallest absolute Gasteiger partial charge is 0.0414 e. The van der Waals surface area contributed by atoms with E-state index in [9.17, 15) is 0 Å². The summed E-state index contributed by atoms with van der Waals surface area (Å²) in [7, 11) is 0. The lowest BCUT2D eigenvalue weighted by molar-refractivity contribution is 0.295. The van der Waals surface area contributed by atoms with Crippen LogP contribution in [0.25, 0.3) is 0 Å². The highest BCUT2D eigenvalue weighted by atomic mass is 14.2. The monoisotopic (exact) mass is 226 g/mol. The molecule has 0 radical (unpaired) electrons. The van der Waals surface area contributed by atoms with Crippen LogP contribution in [0, 0.1) is 17.8 Å². The SMILES string of the molecule is CCCC(CCC)CCC(C)C(C)CCC. The second-order valence-corrected chi connectivity index (χ2v) is 5.76. The molecular weight excluding hydrogens is 192 g/mol. The summed E-state index contributed by atoms with van der Waals surface area (Å²) in [6.07, 6.45) is 11.3. The Morgan fingerprint density at radius 1 is 0.562 bits per heavy atom. The fraction of sp³-hybridized carbons (Fsp3) is 1.00. The van der Waals surface area contributed by atoms with Gasteiger partial charge >= 0.3 is 0 Å². The Bertz CT molecular complexity index is 133. The van der Waals surface area contributed by atoms with Crippen LogP contribution in [0.1, 0.15) is 86.0 Å². The van der Waals surface area contributed by atoms with E-state index in [0.29, 0.717) is 0 Å². The maximum atomic E-state index is 2.45. The highest BCUT2D eigenvalue weighted by molar-refractivity contribution is 4.66. The van der Waals surface area contributed by atoms with Gasteiger partial charge in [0.25, 0.3) is 0 Å². The van der Waals surface area contributed by atoms with E-state index in [4.69, 9.17) is 0 Å². The molecule has 2 atom stereocenters. The molecule has 0 aliphatic carbocycles. The molecule has 0 nitrogen and oxygen atoms in total. The van der Waals surface area contributed by atoms with Crippen molar-refractivity contribution < 1.29 is 0 Å². The molecule has 16 heavy (non-hydrogen) atoms. The average Bonchev–Trinajstić information content (AvgIpc) is 2.26. The first-order valence-electron chi connectivity index (χ1n) is 7.65. The maximum Gasteiger partial charge on any atom is -0.0414 e. The van der Waals surface area contributed by atoms with Gasteiger partial charge in [0.1, 0.15) is 0 Å². The van der Waals surface area contributed by atoms with Gasteiger partial charge in [0.2, 0.25) is 0 Å². The van der Waals surface area contributed by atoms with Crippen molar-refractivity contribution >= 4 is 0 Å². The summed E-state index contributed by atoms with van der Waals surface area (Å²) >= 11 is 0. The van der Waals surface area contributed by atoms with Gasteiger partial charge in [-0.3, -0.25) is 0 Å². The van der Waals surface area contributed by atoms with Crippen LogP contribution in [-0.2, 0) is 0 Å². The Hall–Kier alpha value is 0. The van der Waals surface area contributed by atoms with Crippen LogP contribution in [-0.4, -0.2) is 0 Å². The van der Waals surface area contributed by atoms with Gasteiger partial charge < -0.3 is 0 Å². The van der Waals surface area contributed by atoms with Crippen molar-refractivity contribution in [1.82, 2.24) is 0 Å². The highest BCUT2D eigenvalue weighted by Crippen LogP contribution is 2.26. The Morgan fingerprint density at radius 3 is 1.44 bits per heavy atom. The topological polar surface area (TPSA) is 0 Å². The summed E-state index contributed by atoms with van der Waals surface area (Å²) in [6, 6.07) is 0. The summed E-state index contributed by atoms with van der Waals surface area (Å²) in [5.41, 5.74) is 0. The maximum absolute atomic E-state index is 2.45. The molecule has 0 heteroatoms. The minimum atomic E-state index is 0.925. The van der Waals surface area contributed by atoms with Gasteiger partial charge in [-0.1, -0.05) is 86.0 Å². The van der Waals surface area contributed by atoms with Crippen molar-refractivity contribution in [1.29, 1.82) is 0 Å². The summed E-state index contributed by atoms with van der Waals surface area (Å²) < 4.78 is 0. The Kier molecular flexibility index (Phi) is 10.2. The van der Waals surface area contributed by atoms with Gasteiger partial charge in [0, 0.05) is 0 Å². The van der Waals surface area contributed by atoms with Crippen molar-refractivity contribution in [3.63, 3.8) is 0 Å². The van der Waals surface area contributed by atoms with Gasteiger partial charge in [-0.15, -0.1) is 0 Å². The molecule has 0 aliphatic heterocycles. The molecule has 0 saturated carbocycles. The van der Waals surface area contributed by atoms with Gasteiger partial charge in [-0.2, -0.15) is 0 Å². The highest BCUT2D eigenvalue weighted by Gasteiger charge is 2.14. The molecule has 0 aromatic carbocycles. The second-order valence-electron chi connectivity index (χ2n) is 5.76. The zero-order chi connectivity index (χ0) is 12.4.